The summed E-state index contributed by atoms with van der Waals surface area (Å²) < 4.78 is 0. The molecule has 1 aromatic rings. The summed E-state index contributed by atoms with van der Waals surface area (Å²) in [5.41, 5.74) is 1.14. The molecule has 0 aliphatic rings. The monoisotopic (exact) mass is 297 g/mol. The van der Waals surface area contributed by atoms with E-state index >= 15 is 0 Å². The highest BCUT2D eigenvalue weighted by Gasteiger charge is 2.18. The van der Waals surface area contributed by atoms with Crippen LogP contribution in [0.15, 0.2) is 30.3 Å². The Labute approximate surface area is 112 Å². The minimum Gasteiger partial charge on any atom is -0.348 e. The number of halogens is 1. The van der Waals surface area contributed by atoms with Gasteiger partial charge in [-0.2, -0.15) is 0 Å². The number of rotatable bonds is 6. The van der Waals surface area contributed by atoms with Crippen LogP contribution in [0.2, 0.25) is 0 Å². The third-order valence-electron chi connectivity index (χ3n) is 3.03. The van der Waals surface area contributed by atoms with E-state index in [1.54, 1.807) is 0 Å². The van der Waals surface area contributed by atoms with Gasteiger partial charge in [0.15, 0.2) is 0 Å². The Morgan fingerprint density at radius 2 is 1.82 bits per heavy atom. The molecule has 0 saturated carbocycles. The Hall–Kier alpha value is -0.830. The van der Waals surface area contributed by atoms with Gasteiger partial charge < -0.3 is 5.32 Å². The van der Waals surface area contributed by atoms with Crippen LogP contribution in [0.1, 0.15) is 38.3 Å². The molecule has 0 heterocycles. The van der Waals surface area contributed by atoms with Gasteiger partial charge in [-0.1, -0.05) is 60.1 Å². The van der Waals surface area contributed by atoms with E-state index in [4.69, 9.17) is 0 Å². The second-order valence-electron chi connectivity index (χ2n) is 4.14. The molecule has 0 aliphatic heterocycles. The van der Waals surface area contributed by atoms with Gasteiger partial charge in [0.25, 0.3) is 0 Å². The molecule has 0 aromatic heterocycles. The maximum atomic E-state index is 12.0. The van der Waals surface area contributed by atoms with Crippen LogP contribution in [-0.4, -0.2) is 11.2 Å². The Morgan fingerprint density at radius 1 is 1.24 bits per heavy atom. The first-order chi connectivity index (χ1) is 8.22. The van der Waals surface area contributed by atoms with E-state index in [0.29, 0.717) is 0 Å². The summed E-state index contributed by atoms with van der Waals surface area (Å²) in [7, 11) is 0. The lowest BCUT2D eigenvalue weighted by Crippen LogP contribution is -2.34. The molecular weight excluding hydrogens is 278 g/mol. The van der Waals surface area contributed by atoms with Gasteiger partial charge in [-0.3, -0.25) is 4.79 Å². The minimum absolute atomic E-state index is 0.0595. The molecule has 0 aliphatic carbocycles. The fraction of sp³-hybridized carbons (Fsp3) is 0.500. The standard InChI is InChI=1S/C14H20BrNO/c1-3-11(4-2)14(17)16-13(10-15)12-8-6-5-7-9-12/h5-9,11,13H,3-4,10H2,1-2H3,(H,16,17). The Bertz CT molecular complexity index is 335. The molecule has 0 fully saturated rings. The highest BCUT2D eigenvalue weighted by atomic mass is 79.9. The van der Waals surface area contributed by atoms with E-state index in [-0.39, 0.29) is 17.9 Å². The van der Waals surface area contributed by atoms with Gasteiger partial charge in [-0.25, -0.2) is 0 Å². The van der Waals surface area contributed by atoms with E-state index in [1.807, 2.05) is 30.3 Å². The Balaban J connectivity index is 2.68. The average molecular weight is 298 g/mol. The number of benzene rings is 1. The van der Waals surface area contributed by atoms with Crippen LogP contribution in [0.4, 0.5) is 0 Å². The van der Waals surface area contributed by atoms with Crippen molar-refractivity contribution in [3.05, 3.63) is 35.9 Å². The molecule has 2 nitrogen and oxygen atoms in total. The van der Waals surface area contributed by atoms with Crippen LogP contribution in [0, 0.1) is 5.92 Å². The largest absolute Gasteiger partial charge is 0.348 e. The zero-order valence-corrected chi connectivity index (χ0v) is 12.0. The van der Waals surface area contributed by atoms with Gasteiger partial charge >= 0.3 is 0 Å². The Morgan fingerprint density at radius 3 is 2.29 bits per heavy atom. The summed E-state index contributed by atoms with van der Waals surface area (Å²) in [5, 5.41) is 3.84. The van der Waals surface area contributed by atoms with Crippen LogP contribution in [0.3, 0.4) is 0 Å². The van der Waals surface area contributed by atoms with E-state index in [2.05, 4.69) is 35.1 Å². The summed E-state index contributed by atoms with van der Waals surface area (Å²) >= 11 is 3.46. The van der Waals surface area contributed by atoms with E-state index in [9.17, 15) is 4.79 Å². The molecule has 1 aromatic carbocycles. The van der Waals surface area contributed by atoms with Gasteiger partial charge in [0, 0.05) is 11.2 Å². The predicted octanol–water partition coefficient (Wildman–Crippen LogP) is 3.68. The summed E-state index contributed by atoms with van der Waals surface area (Å²) in [4.78, 5) is 12.0. The van der Waals surface area contributed by atoms with Gasteiger partial charge in [0.2, 0.25) is 5.91 Å². The van der Waals surface area contributed by atoms with Gasteiger partial charge in [-0.15, -0.1) is 0 Å². The molecule has 1 atom stereocenters. The summed E-state index contributed by atoms with van der Waals surface area (Å²) in [6.07, 6.45) is 1.79. The maximum Gasteiger partial charge on any atom is 0.223 e. The lowest BCUT2D eigenvalue weighted by Gasteiger charge is -2.20. The Kier molecular flexibility index (Phi) is 6.27. The van der Waals surface area contributed by atoms with Crippen LogP contribution in [-0.2, 0) is 4.79 Å². The van der Waals surface area contributed by atoms with Crippen molar-refractivity contribution in [2.45, 2.75) is 32.7 Å². The van der Waals surface area contributed by atoms with Crippen molar-refractivity contribution in [1.29, 1.82) is 0 Å². The topological polar surface area (TPSA) is 29.1 Å². The first kappa shape index (κ1) is 14.2. The van der Waals surface area contributed by atoms with E-state index in [0.717, 1.165) is 23.7 Å². The second kappa shape index (κ2) is 7.49. The van der Waals surface area contributed by atoms with Crippen LogP contribution in [0.5, 0.6) is 0 Å². The maximum absolute atomic E-state index is 12.0. The highest BCUT2D eigenvalue weighted by molar-refractivity contribution is 9.09. The van der Waals surface area contributed by atoms with Crippen molar-refractivity contribution in [3.8, 4) is 0 Å². The zero-order chi connectivity index (χ0) is 12.7. The molecule has 1 amide bonds. The SMILES string of the molecule is CCC(CC)C(=O)NC(CBr)c1ccccc1. The first-order valence-corrected chi connectivity index (χ1v) is 7.26. The van der Waals surface area contributed by atoms with Crippen LogP contribution >= 0.6 is 15.9 Å². The number of carbonyl (C=O) groups excluding carboxylic acids is 1. The summed E-state index contributed by atoms with van der Waals surface area (Å²) in [6, 6.07) is 10.1. The molecule has 0 saturated heterocycles. The fourth-order valence-electron chi connectivity index (χ4n) is 1.85. The number of carbonyl (C=O) groups is 1. The van der Waals surface area contributed by atoms with Crippen molar-refractivity contribution in [1.82, 2.24) is 5.32 Å². The van der Waals surface area contributed by atoms with E-state index in [1.165, 1.54) is 0 Å². The molecule has 0 radical (unpaired) electrons. The lowest BCUT2D eigenvalue weighted by molar-refractivity contribution is -0.125. The molecule has 0 bridgehead atoms. The first-order valence-electron chi connectivity index (χ1n) is 6.14. The molecule has 0 spiro atoms. The molecule has 1 rings (SSSR count). The lowest BCUT2D eigenvalue weighted by atomic mass is 10.0. The molecular formula is C14H20BrNO. The number of hydrogen-bond donors (Lipinski definition) is 1. The summed E-state index contributed by atoms with van der Waals surface area (Å²) in [5.74, 6) is 0.281. The molecule has 1 N–H and O–H groups in total. The number of alkyl halides is 1. The van der Waals surface area contributed by atoms with Gasteiger partial charge in [0.05, 0.1) is 6.04 Å². The normalized spacial score (nSPS) is 12.5. The third-order valence-corrected chi connectivity index (χ3v) is 3.68. The van der Waals surface area contributed by atoms with Crippen molar-refractivity contribution < 1.29 is 4.79 Å². The van der Waals surface area contributed by atoms with Crippen molar-refractivity contribution >= 4 is 21.8 Å². The van der Waals surface area contributed by atoms with Crippen molar-refractivity contribution in [3.63, 3.8) is 0 Å². The highest BCUT2D eigenvalue weighted by Crippen LogP contribution is 2.17. The van der Waals surface area contributed by atoms with E-state index < -0.39 is 0 Å². The predicted molar refractivity (Wildman–Crippen MR) is 75.2 cm³/mol. The molecule has 17 heavy (non-hydrogen) atoms. The molecule has 3 heteroatoms. The average Bonchev–Trinajstić information content (AvgIpc) is 2.38. The number of nitrogens with one attached hydrogen (secondary N) is 1. The van der Waals surface area contributed by atoms with Gasteiger partial charge in [0.1, 0.15) is 0 Å². The van der Waals surface area contributed by atoms with Crippen LogP contribution < -0.4 is 5.32 Å². The van der Waals surface area contributed by atoms with Crippen LogP contribution in [0.25, 0.3) is 0 Å². The summed E-state index contributed by atoms with van der Waals surface area (Å²) in [6.45, 7) is 4.11. The molecule has 1 unspecified atom stereocenters. The number of hydrogen-bond acceptors (Lipinski definition) is 1. The zero-order valence-electron chi connectivity index (χ0n) is 10.4. The smallest absolute Gasteiger partial charge is 0.223 e. The van der Waals surface area contributed by atoms with Crippen molar-refractivity contribution in [2.24, 2.45) is 5.92 Å². The van der Waals surface area contributed by atoms with Crippen molar-refractivity contribution in [2.75, 3.05) is 5.33 Å². The minimum atomic E-state index is 0.0595. The fourth-order valence-corrected chi connectivity index (χ4v) is 2.38. The molecule has 94 valence electrons. The van der Waals surface area contributed by atoms with Gasteiger partial charge in [-0.05, 0) is 18.4 Å². The quantitative estimate of drug-likeness (QED) is 0.798. The third kappa shape index (κ3) is 4.15. The second-order valence-corrected chi connectivity index (χ2v) is 4.79. The number of amides is 1.